The van der Waals surface area contributed by atoms with Gasteiger partial charge in [0.1, 0.15) is 11.9 Å². The van der Waals surface area contributed by atoms with Crippen molar-refractivity contribution in [3.05, 3.63) is 48.8 Å². The lowest BCUT2D eigenvalue weighted by Crippen LogP contribution is -2.89. The maximum atomic E-state index is 11.3. The van der Waals surface area contributed by atoms with E-state index in [-0.39, 0.29) is 11.0 Å². The van der Waals surface area contributed by atoms with Crippen molar-refractivity contribution in [2.75, 3.05) is 4.90 Å². The van der Waals surface area contributed by atoms with Crippen molar-refractivity contribution < 1.29 is 4.79 Å². The van der Waals surface area contributed by atoms with Crippen LogP contribution in [0.5, 0.6) is 0 Å². The van der Waals surface area contributed by atoms with Gasteiger partial charge in [-0.2, -0.15) is 15.5 Å². The third-order valence-corrected chi connectivity index (χ3v) is 9.40. The first-order chi connectivity index (χ1) is 17.6. The molecule has 10 heteroatoms. The van der Waals surface area contributed by atoms with Crippen molar-refractivity contribution in [1.29, 1.82) is 5.26 Å². The summed E-state index contributed by atoms with van der Waals surface area (Å²) in [6.45, 7) is 0. The minimum absolute atomic E-state index is 0.00902. The Labute approximate surface area is 206 Å². The van der Waals surface area contributed by atoms with Crippen LogP contribution < -0.4 is 10.2 Å². The fourth-order valence-electron chi connectivity index (χ4n) is 8.16. The highest BCUT2D eigenvalue weighted by Crippen LogP contribution is 2.77. The largest absolute Gasteiger partial charge is 0.352 e. The highest BCUT2D eigenvalue weighted by Gasteiger charge is 2.84. The predicted molar refractivity (Wildman–Crippen MR) is 130 cm³/mol. The average Bonchev–Trinajstić information content (AvgIpc) is 3.63. The van der Waals surface area contributed by atoms with Crippen LogP contribution in [-0.2, 0) is 11.8 Å². The van der Waals surface area contributed by atoms with Crippen molar-refractivity contribution in [1.82, 2.24) is 34.7 Å². The van der Waals surface area contributed by atoms with Gasteiger partial charge in [-0.3, -0.25) is 14.5 Å². The Bertz CT molecular complexity index is 1610. The van der Waals surface area contributed by atoms with Crippen molar-refractivity contribution in [3.63, 3.8) is 0 Å². The molecule has 3 aliphatic carbocycles. The molecular weight excluding hydrogens is 454 g/mol. The maximum absolute atomic E-state index is 11.3. The summed E-state index contributed by atoms with van der Waals surface area (Å²) >= 11 is 0. The zero-order valence-corrected chi connectivity index (χ0v) is 19.7. The number of amides is 1. The topological polar surface area (TPSA) is 117 Å². The number of anilines is 1. The van der Waals surface area contributed by atoms with Gasteiger partial charge < -0.3 is 10.2 Å². The molecule has 3 saturated carbocycles. The molecule has 1 N–H and O–H groups in total. The molecule has 4 aromatic heterocycles. The lowest BCUT2D eigenvalue weighted by atomic mass is 9.43. The first kappa shape index (κ1) is 20.0. The number of nitrogens with one attached hydrogen (secondary N) is 1. The highest BCUT2D eigenvalue weighted by atomic mass is 16.1. The third-order valence-electron chi connectivity index (χ3n) is 9.40. The van der Waals surface area contributed by atoms with Crippen LogP contribution in [0.4, 0.5) is 5.82 Å². The molecule has 5 heterocycles. The first-order valence-corrected chi connectivity index (χ1v) is 12.3. The number of pyridine rings is 1. The molecule has 8 rings (SSSR count). The molecule has 178 valence electrons. The summed E-state index contributed by atoms with van der Waals surface area (Å²) in [7, 11) is 1.88. The summed E-state index contributed by atoms with van der Waals surface area (Å²) in [5, 5.41) is 21.6. The number of aromatic nitrogens is 6. The van der Waals surface area contributed by atoms with Gasteiger partial charge in [-0.1, -0.05) is 0 Å². The molecule has 5 unspecified atom stereocenters. The van der Waals surface area contributed by atoms with Crippen molar-refractivity contribution in [2.45, 2.75) is 43.3 Å². The Hall–Kier alpha value is -4.26. The van der Waals surface area contributed by atoms with Crippen molar-refractivity contribution >= 4 is 17.7 Å². The van der Waals surface area contributed by atoms with E-state index in [4.69, 9.17) is 9.97 Å². The monoisotopic (exact) mass is 477 g/mol. The summed E-state index contributed by atoms with van der Waals surface area (Å²) in [5.74, 6) is 1.57. The molecule has 0 radical (unpaired) electrons. The van der Waals surface area contributed by atoms with Crippen LogP contribution in [-0.4, -0.2) is 53.4 Å². The van der Waals surface area contributed by atoms with Crippen LogP contribution in [0.1, 0.15) is 31.2 Å². The smallest absolute Gasteiger partial charge is 0.207 e. The molecule has 5 atom stereocenters. The molecule has 36 heavy (non-hydrogen) atoms. The standard InChI is InChI=1S/C26H23N9O/c1-33-12-18(9-31-33)16-3-19(24-17(7-27)8-32-34(24)13-16)20-10-29-23(11-28-20)35-21-2-15-4-25(30-14-36)6-22(35)26(21,25)5-15/h3,8-15,21-22H,2,4-6H2,1H3,(H,30,36). The summed E-state index contributed by atoms with van der Waals surface area (Å²) < 4.78 is 3.49. The van der Waals surface area contributed by atoms with Gasteiger partial charge in [0.05, 0.1) is 47.1 Å². The van der Waals surface area contributed by atoms with Gasteiger partial charge in [-0.15, -0.1) is 0 Å². The summed E-state index contributed by atoms with van der Waals surface area (Å²) in [4.78, 5) is 23.4. The van der Waals surface area contributed by atoms with Crippen LogP contribution in [0.15, 0.2) is 43.2 Å². The minimum atomic E-state index is -0.00902. The minimum Gasteiger partial charge on any atom is -0.352 e. The lowest BCUT2D eigenvalue weighted by molar-refractivity contribution is -0.138. The molecule has 1 saturated heterocycles. The number of hydrogen-bond donors (Lipinski definition) is 1. The number of nitrogens with zero attached hydrogens (tertiary/aromatic N) is 8. The quantitative estimate of drug-likeness (QED) is 0.438. The van der Waals surface area contributed by atoms with Crippen LogP contribution >= 0.6 is 0 Å². The molecular formula is C26H23N9O. The normalized spacial score (nSPS) is 31.0. The van der Waals surface area contributed by atoms with Crippen molar-refractivity contribution in [2.24, 2.45) is 18.4 Å². The SMILES string of the molecule is Cn1cc(-c2cc(-c3cnc(N4C5CC6CC7(NC=O)CC4C57C6)cn3)c3c(C#N)cnn3c2)cn1. The molecule has 1 amide bonds. The number of hydrogen-bond acceptors (Lipinski definition) is 7. The van der Waals surface area contributed by atoms with E-state index in [0.29, 0.717) is 34.8 Å². The lowest BCUT2D eigenvalue weighted by Gasteiger charge is -2.77. The molecule has 4 aliphatic rings. The Morgan fingerprint density at radius 1 is 1.08 bits per heavy atom. The number of nitriles is 1. The number of fused-ring (bicyclic) bond motifs is 2. The molecule has 10 nitrogen and oxygen atoms in total. The van der Waals surface area contributed by atoms with Gasteiger partial charge in [0.15, 0.2) is 0 Å². The van der Waals surface area contributed by atoms with E-state index in [1.807, 2.05) is 37.9 Å². The van der Waals surface area contributed by atoms with E-state index in [1.165, 1.54) is 6.42 Å². The molecule has 1 spiro atoms. The van der Waals surface area contributed by atoms with Gasteiger partial charge >= 0.3 is 0 Å². The second-order valence-corrected chi connectivity index (χ2v) is 10.8. The molecule has 4 aromatic rings. The second-order valence-electron chi connectivity index (χ2n) is 10.8. The fraction of sp³-hybridized carbons (Fsp3) is 0.385. The van der Waals surface area contributed by atoms with Crippen LogP contribution in [0.3, 0.4) is 0 Å². The Balaban J connectivity index is 1.17. The maximum Gasteiger partial charge on any atom is 0.207 e. The molecule has 0 aromatic carbocycles. The Kier molecular flexibility index (Phi) is 3.60. The van der Waals surface area contributed by atoms with Gasteiger partial charge in [0.25, 0.3) is 0 Å². The van der Waals surface area contributed by atoms with Gasteiger partial charge in [-0.05, 0) is 37.7 Å². The molecule has 1 aliphatic heterocycles. The number of aryl methyl sites for hydroxylation is 1. The third kappa shape index (κ3) is 2.20. The summed E-state index contributed by atoms with van der Waals surface area (Å²) in [5.41, 5.74) is 4.80. The Morgan fingerprint density at radius 2 is 2.00 bits per heavy atom. The zero-order valence-electron chi connectivity index (χ0n) is 19.7. The van der Waals surface area contributed by atoms with Crippen LogP contribution in [0.2, 0.25) is 0 Å². The first-order valence-electron chi connectivity index (χ1n) is 12.3. The van der Waals surface area contributed by atoms with Crippen LogP contribution in [0, 0.1) is 22.7 Å². The molecule has 4 fully saturated rings. The molecule has 2 bridgehead atoms. The number of carbonyl (C=O) groups is 1. The van der Waals surface area contributed by atoms with Gasteiger partial charge in [0.2, 0.25) is 6.41 Å². The summed E-state index contributed by atoms with van der Waals surface area (Å²) in [6, 6.07) is 5.11. The average molecular weight is 478 g/mol. The van der Waals surface area contributed by atoms with Gasteiger partial charge in [-0.25, -0.2) is 9.50 Å². The second kappa shape index (κ2) is 6.49. The van der Waals surface area contributed by atoms with E-state index in [0.717, 1.165) is 48.2 Å². The summed E-state index contributed by atoms with van der Waals surface area (Å²) in [6.07, 6.45) is 16.3. The highest BCUT2D eigenvalue weighted by molar-refractivity contribution is 5.86. The Morgan fingerprint density at radius 3 is 2.75 bits per heavy atom. The fourth-order valence-corrected chi connectivity index (χ4v) is 8.16. The van der Waals surface area contributed by atoms with E-state index >= 15 is 0 Å². The predicted octanol–water partition coefficient (Wildman–Crippen LogP) is 2.31. The van der Waals surface area contributed by atoms with E-state index < -0.39 is 0 Å². The number of rotatable bonds is 5. The number of carbonyl (C=O) groups excluding carboxylic acids is 1. The van der Waals surface area contributed by atoms with E-state index in [1.54, 1.807) is 21.6 Å². The van der Waals surface area contributed by atoms with E-state index in [9.17, 15) is 10.1 Å². The zero-order chi connectivity index (χ0) is 24.2. The van der Waals surface area contributed by atoms with Crippen LogP contribution in [0.25, 0.3) is 27.9 Å². The van der Waals surface area contributed by atoms with Crippen molar-refractivity contribution in [3.8, 4) is 28.5 Å². The van der Waals surface area contributed by atoms with Gasteiger partial charge in [0, 0.05) is 53.6 Å². The number of piperidine rings is 1. The van der Waals surface area contributed by atoms with E-state index in [2.05, 4.69) is 26.5 Å².